The molecule has 4 fully saturated rings. The first-order valence-corrected chi connectivity index (χ1v) is 16.5. The van der Waals surface area contributed by atoms with Gasteiger partial charge in [-0.25, -0.2) is 8.78 Å². The lowest BCUT2D eigenvalue weighted by molar-refractivity contribution is -0.137. The van der Waals surface area contributed by atoms with Crippen LogP contribution in [0.25, 0.3) is 27.6 Å². The molecule has 8 rings (SSSR count). The molecule has 0 aliphatic carbocycles. The number of ether oxygens (including phenoxy) is 1. The van der Waals surface area contributed by atoms with Gasteiger partial charge in [0, 0.05) is 53.5 Å². The second-order valence-corrected chi connectivity index (χ2v) is 14.1. The van der Waals surface area contributed by atoms with Crippen LogP contribution in [0.5, 0.6) is 6.01 Å². The highest BCUT2D eigenvalue weighted by Gasteiger charge is 2.49. The minimum Gasteiger partial charge on any atom is -0.461 e. The van der Waals surface area contributed by atoms with Gasteiger partial charge in [-0.05, 0) is 69.2 Å². The van der Waals surface area contributed by atoms with Crippen molar-refractivity contribution < 1.29 is 35.5 Å². The Bertz CT molecular complexity index is 2070. The molecule has 2 aromatic carbocycles. The van der Waals surface area contributed by atoms with Crippen molar-refractivity contribution in [2.45, 2.75) is 75.3 Å². The molecule has 8 nitrogen and oxygen atoms in total. The van der Waals surface area contributed by atoms with Gasteiger partial charge in [0.05, 0.1) is 27.7 Å². The number of aryl methyl sites for hydroxylation is 1. The Morgan fingerprint density at radius 2 is 1.96 bits per heavy atom. The molecule has 5 aliphatic rings. The van der Waals surface area contributed by atoms with E-state index in [2.05, 4.69) is 16.9 Å². The molecular formula is C35H32F7N7O. The first-order chi connectivity index (χ1) is 23.7. The zero-order chi connectivity index (χ0) is 35.4. The third kappa shape index (κ3) is 4.78. The molecule has 262 valence electrons. The fraction of sp³-hybridized carbons (Fsp3) is 0.457. The monoisotopic (exact) mass is 699 g/mol. The summed E-state index contributed by atoms with van der Waals surface area (Å²) in [5.74, 6) is -2.69. The Balaban J connectivity index is 1.39. The summed E-state index contributed by atoms with van der Waals surface area (Å²) in [7, 11) is 0. The van der Waals surface area contributed by atoms with Gasteiger partial charge in [0.25, 0.3) is 6.08 Å². The largest absolute Gasteiger partial charge is 0.461 e. The molecule has 4 saturated heterocycles. The van der Waals surface area contributed by atoms with Crippen molar-refractivity contribution in [3.8, 4) is 23.2 Å². The number of anilines is 2. The van der Waals surface area contributed by atoms with E-state index in [9.17, 15) is 27.2 Å². The molecule has 0 spiro atoms. The van der Waals surface area contributed by atoms with Crippen LogP contribution in [0.4, 0.5) is 42.2 Å². The Morgan fingerprint density at radius 1 is 1.18 bits per heavy atom. The number of alkyl halides is 3. The second-order valence-electron chi connectivity index (χ2n) is 14.1. The summed E-state index contributed by atoms with van der Waals surface area (Å²) in [5, 5.41) is 14.2. The van der Waals surface area contributed by atoms with Crippen LogP contribution < -0.4 is 20.7 Å². The van der Waals surface area contributed by atoms with E-state index in [0.29, 0.717) is 25.1 Å². The van der Waals surface area contributed by atoms with Crippen LogP contribution in [0.1, 0.15) is 60.8 Å². The summed E-state index contributed by atoms with van der Waals surface area (Å²) in [6.45, 7) is 6.32. The maximum Gasteiger partial charge on any atom is 0.417 e. The van der Waals surface area contributed by atoms with E-state index in [-0.39, 0.29) is 72.5 Å². The lowest BCUT2D eigenvalue weighted by Gasteiger charge is -2.41. The first-order valence-electron chi connectivity index (χ1n) is 16.5. The molecule has 0 radical (unpaired) electrons. The number of aromatic nitrogens is 2. The minimum absolute atomic E-state index is 0.0150. The summed E-state index contributed by atoms with van der Waals surface area (Å²) in [6, 6.07) is 2.15. The van der Waals surface area contributed by atoms with Gasteiger partial charge in [-0.1, -0.05) is 6.58 Å². The molecule has 15 heteroatoms. The van der Waals surface area contributed by atoms with Crippen molar-refractivity contribution >= 4 is 28.0 Å². The average Bonchev–Trinajstić information content (AvgIpc) is 3.72. The molecule has 1 unspecified atom stereocenters. The second kappa shape index (κ2) is 11.3. The summed E-state index contributed by atoms with van der Waals surface area (Å²) < 4.78 is 111. The van der Waals surface area contributed by atoms with Crippen LogP contribution in [0.15, 0.2) is 24.3 Å². The lowest BCUT2D eigenvalue weighted by atomic mass is 9.84. The Morgan fingerprint density at radius 3 is 2.68 bits per heavy atom. The van der Waals surface area contributed by atoms with Crippen molar-refractivity contribution in [3.05, 3.63) is 58.2 Å². The number of nitrogen functional groups attached to an aromatic ring is 1. The van der Waals surface area contributed by atoms with Crippen LogP contribution >= 0.6 is 0 Å². The van der Waals surface area contributed by atoms with Crippen molar-refractivity contribution in [2.75, 3.05) is 36.9 Å². The number of piperazine rings is 1. The van der Waals surface area contributed by atoms with Gasteiger partial charge < -0.3 is 20.7 Å². The van der Waals surface area contributed by atoms with Crippen molar-refractivity contribution in [1.82, 2.24) is 20.2 Å². The molecule has 6 heterocycles. The summed E-state index contributed by atoms with van der Waals surface area (Å²) in [4.78, 5) is 13.0. The highest BCUT2D eigenvalue weighted by molar-refractivity contribution is 6.06. The average molecular weight is 700 g/mol. The number of halogens is 7. The van der Waals surface area contributed by atoms with Gasteiger partial charge in [-0.3, -0.25) is 4.90 Å². The molecule has 2 bridgehead atoms. The zero-order valence-corrected chi connectivity index (χ0v) is 27.0. The van der Waals surface area contributed by atoms with Gasteiger partial charge in [-0.15, -0.1) is 0 Å². The predicted molar refractivity (Wildman–Crippen MR) is 171 cm³/mol. The van der Waals surface area contributed by atoms with Gasteiger partial charge in [-0.2, -0.15) is 37.2 Å². The number of fused-ring (bicyclic) bond motifs is 6. The Kier molecular flexibility index (Phi) is 7.40. The van der Waals surface area contributed by atoms with E-state index in [1.165, 1.54) is 0 Å². The number of hydrogen-bond donors (Lipinski definition) is 2. The number of rotatable bonds is 4. The fourth-order valence-electron chi connectivity index (χ4n) is 9.09. The van der Waals surface area contributed by atoms with Gasteiger partial charge >= 0.3 is 12.2 Å². The number of nitrogens with one attached hydrogen (secondary N) is 1. The molecule has 0 saturated carbocycles. The van der Waals surface area contributed by atoms with E-state index >= 15 is 8.78 Å². The third-order valence-corrected chi connectivity index (χ3v) is 11.2. The molecule has 3 N–H and O–H groups in total. The maximum atomic E-state index is 17.2. The summed E-state index contributed by atoms with van der Waals surface area (Å²) in [6.07, 6.45) is -3.55. The molecule has 0 amide bonds. The molecule has 50 heavy (non-hydrogen) atoms. The zero-order valence-electron chi connectivity index (χ0n) is 27.0. The Hall–Kier alpha value is -4.42. The number of benzene rings is 2. The number of nitriles is 1. The molecule has 1 aromatic heterocycles. The topological polar surface area (TPSA) is 103 Å². The lowest BCUT2D eigenvalue weighted by Crippen LogP contribution is -2.58. The molecule has 5 aliphatic heterocycles. The number of nitrogens with two attached hydrogens (primary N) is 1. The van der Waals surface area contributed by atoms with Crippen LogP contribution in [0, 0.1) is 29.9 Å². The van der Waals surface area contributed by atoms with Crippen molar-refractivity contribution in [3.63, 3.8) is 0 Å². The summed E-state index contributed by atoms with van der Waals surface area (Å²) in [5.41, 5.74) is -0.296. The highest BCUT2D eigenvalue weighted by Crippen LogP contribution is 2.51. The normalized spacial score (nSPS) is 25.9. The van der Waals surface area contributed by atoms with E-state index in [0.717, 1.165) is 32.3 Å². The van der Waals surface area contributed by atoms with E-state index in [4.69, 9.17) is 15.5 Å². The minimum atomic E-state index is -5.15. The SMILES string of the molecule is C=C1C[C@@H]2C3CC[C@H](CN2c2nc(OC[C@@]45CCCN4CC(=C(F)F)C5)nc4c(F)c(-c5c(F)c(N)cc(C)c5C(F)(F)F)c(C#N)c1c24)N3. The smallest absolute Gasteiger partial charge is 0.417 e. The third-order valence-electron chi connectivity index (χ3n) is 11.2. The molecular weight excluding hydrogens is 667 g/mol. The number of hydrogen-bond acceptors (Lipinski definition) is 8. The first kappa shape index (κ1) is 32.8. The molecule has 3 aromatic rings. The standard InChI is InChI=1S/C35H32F7N7O/c1-15-9-22-21-5-4-18(45-21)13-49(22)32-26-23(15)19(11-43)24(25-27(35(40,41)42)16(2)8-20(44)28(25)36)29(37)30(26)46-33(47-32)50-14-34-6-3-7-48(34)12-17(10-34)31(38)39/h8,18,21-22,45H,1,3-7,9-10,12-14,44H2,2H3/t18-,21?,22-,34+/m1/s1. The van der Waals surface area contributed by atoms with Crippen molar-refractivity contribution in [2.24, 2.45) is 0 Å². The van der Waals surface area contributed by atoms with Crippen LogP contribution in [-0.4, -0.2) is 64.8 Å². The van der Waals surface area contributed by atoms with Crippen LogP contribution in [0.3, 0.4) is 0 Å². The highest BCUT2D eigenvalue weighted by atomic mass is 19.4. The van der Waals surface area contributed by atoms with E-state index < -0.39 is 68.5 Å². The van der Waals surface area contributed by atoms with Crippen LogP contribution in [0.2, 0.25) is 0 Å². The van der Waals surface area contributed by atoms with Crippen LogP contribution in [-0.2, 0) is 6.18 Å². The predicted octanol–water partition coefficient (Wildman–Crippen LogP) is 6.85. The van der Waals surface area contributed by atoms with E-state index in [1.54, 1.807) is 0 Å². The fourth-order valence-corrected chi connectivity index (χ4v) is 9.09. The van der Waals surface area contributed by atoms with Gasteiger partial charge in [0.15, 0.2) is 11.6 Å². The van der Waals surface area contributed by atoms with Crippen molar-refractivity contribution in [1.29, 1.82) is 5.26 Å². The number of nitrogens with zero attached hydrogens (tertiary/aromatic N) is 5. The van der Waals surface area contributed by atoms with E-state index in [1.807, 2.05) is 15.9 Å². The molecule has 4 atom stereocenters. The Labute approximate surface area is 282 Å². The quantitative estimate of drug-likeness (QED) is 0.225. The maximum absolute atomic E-state index is 17.2. The van der Waals surface area contributed by atoms with Gasteiger partial charge in [0.1, 0.15) is 24.0 Å². The summed E-state index contributed by atoms with van der Waals surface area (Å²) >= 11 is 0. The van der Waals surface area contributed by atoms with Gasteiger partial charge in [0.2, 0.25) is 0 Å².